The van der Waals surface area contributed by atoms with E-state index >= 15 is 0 Å². The fourth-order valence-corrected chi connectivity index (χ4v) is 8.82. The van der Waals surface area contributed by atoms with E-state index in [1.807, 2.05) is 33.3 Å². The van der Waals surface area contributed by atoms with Gasteiger partial charge in [-0.3, -0.25) is 14.2 Å². The van der Waals surface area contributed by atoms with Crippen molar-refractivity contribution in [3.8, 4) is 0 Å². The van der Waals surface area contributed by atoms with Gasteiger partial charge in [0, 0.05) is 12.8 Å². The zero-order valence-corrected chi connectivity index (χ0v) is 47.4. The number of hydrogen-bond acceptors (Lipinski definition) is 7. The van der Waals surface area contributed by atoms with Crippen LogP contribution in [0.25, 0.3) is 0 Å². The topological polar surface area (TPSA) is 114 Å². The standard InChI is InChI=1S/C60H111N2O7P/c1-7-10-13-16-19-22-25-27-28-29-30-31-32-33-34-35-38-40-43-46-49-52-59(63)61-57(56-68-70(65,66)67-55-54-62(4,5)6)58(51-48-45-42-39-37-26-23-20-17-14-11-8-2)69-60(64)53-50-47-44-41-36-24-21-18-15-12-9-3/h18-19,21-22,27-28,30-31,48,51,57-58H,7-17,20,23-26,29,32-47,49-50,52-56H2,1-6H3,(H-,61,63,65,66)/b21-18-,22-19-,28-27-,31-30-,51-48-. The summed E-state index contributed by atoms with van der Waals surface area (Å²) in [4.78, 5) is 39.8. The number of phosphoric acid groups is 1. The first kappa shape index (κ1) is 67.7. The molecule has 0 saturated carbocycles. The average Bonchev–Trinajstić information content (AvgIpc) is 3.32. The number of allylic oxidation sites excluding steroid dienone is 9. The van der Waals surface area contributed by atoms with E-state index in [0.717, 1.165) is 109 Å². The molecule has 0 saturated heterocycles. The maximum absolute atomic E-state index is 13.5. The Morgan fingerprint density at radius 1 is 0.500 bits per heavy atom. The van der Waals surface area contributed by atoms with E-state index in [-0.39, 0.29) is 24.9 Å². The van der Waals surface area contributed by atoms with E-state index in [1.54, 1.807) is 0 Å². The van der Waals surface area contributed by atoms with Gasteiger partial charge in [-0.1, -0.05) is 217 Å². The van der Waals surface area contributed by atoms with E-state index in [0.29, 0.717) is 17.4 Å². The molecule has 0 aliphatic carbocycles. The number of likely N-dealkylation sites (N-methyl/N-ethyl adjacent to an activating group) is 1. The molecule has 0 bridgehead atoms. The predicted octanol–water partition coefficient (Wildman–Crippen LogP) is 16.9. The van der Waals surface area contributed by atoms with E-state index in [4.69, 9.17) is 13.8 Å². The van der Waals surface area contributed by atoms with Crippen LogP contribution < -0.4 is 10.2 Å². The summed E-state index contributed by atoms with van der Waals surface area (Å²) < 4.78 is 30.2. The Hall–Kier alpha value is -2.29. The van der Waals surface area contributed by atoms with Crippen LogP contribution in [0.15, 0.2) is 60.8 Å². The maximum atomic E-state index is 13.5. The smallest absolute Gasteiger partial charge is 0.306 e. The van der Waals surface area contributed by atoms with Gasteiger partial charge in [0.05, 0.1) is 33.8 Å². The molecule has 1 N–H and O–H groups in total. The van der Waals surface area contributed by atoms with Crippen molar-refractivity contribution in [2.45, 2.75) is 270 Å². The zero-order valence-electron chi connectivity index (χ0n) is 46.5. The molecule has 0 aliphatic rings. The normalized spacial score (nSPS) is 14.2. The molecule has 10 heteroatoms. The Morgan fingerprint density at radius 3 is 1.39 bits per heavy atom. The fourth-order valence-electron chi connectivity index (χ4n) is 8.10. The molecule has 0 aromatic rings. The highest BCUT2D eigenvalue weighted by molar-refractivity contribution is 7.45. The van der Waals surface area contributed by atoms with E-state index < -0.39 is 26.6 Å². The van der Waals surface area contributed by atoms with Crippen molar-refractivity contribution in [1.29, 1.82) is 0 Å². The van der Waals surface area contributed by atoms with Gasteiger partial charge in [0.2, 0.25) is 5.91 Å². The molecular weight excluding hydrogens is 892 g/mol. The lowest BCUT2D eigenvalue weighted by Crippen LogP contribution is -2.47. The largest absolute Gasteiger partial charge is 0.756 e. The molecule has 0 rings (SSSR count). The number of unbranched alkanes of at least 4 members (excludes halogenated alkanes) is 28. The summed E-state index contributed by atoms with van der Waals surface area (Å²) in [5.74, 6) is -0.560. The number of rotatable bonds is 52. The minimum absolute atomic E-state index is 0.0264. The number of quaternary nitrogens is 1. The molecule has 408 valence electrons. The van der Waals surface area contributed by atoms with Crippen LogP contribution in [0.5, 0.6) is 0 Å². The van der Waals surface area contributed by atoms with Crippen LogP contribution in [0, 0.1) is 0 Å². The highest BCUT2D eigenvalue weighted by Crippen LogP contribution is 2.38. The molecule has 70 heavy (non-hydrogen) atoms. The van der Waals surface area contributed by atoms with Crippen LogP contribution in [-0.4, -0.2) is 69.4 Å². The first-order chi connectivity index (χ1) is 33.9. The van der Waals surface area contributed by atoms with Crippen molar-refractivity contribution < 1.29 is 37.3 Å². The molecule has 3 atom stereocenters. The number of hydrogen-bond donors (Lipinski definition) is 1. The van der Waals surface area contributed by atoms with Gasteiger partial charge in [-0.15, -0.1) is 0 Å². The minimum Gasteiger partial charge on any atom is -0.756 e. The average molecular weight is 1000 g/mol. The van der Waals surface area contributed by atoms with Crippen molar-refractivity contribution >= 4 is 19.7 Å². The summed E-state index contributed by atoms with van der Waals surface area (Å²) in [6.07, 6.45) is 61.8. The lowest BCUT2D eigenvalue weighted by Gasteiger charge is -2.30. The lowest BCUT2D eigenvalue weighted by molar-refractivity contribution is -0.870. The van der Waals surface area contributed by atoms with Gasteiger partial charge < -0.3 is 28.5 Å². The second-order valence-corrected chi connectivity index (χ2v) is 22.2. The monoisotopic (exact) mass is 1000 g/mol. The van der Waals surface area contributed by atoms with Crippen molar-refractivity contribution in [3.63, 3.8) is 0 Å². The quantitative estimate of drug-likeness (QED) is 0.0212. The second-order valence-electron chi connectivity index (χ2n) is 20.8. The molecule has 0 spiro atoms. The second kappa shape index (κ2) is 50.3. The zero-order chi connectivity index (χ0) is 51.5. The third kappa shape index (κ3) is 50.6. The van der Waals surface area contributed by atoms with Crippen LogP contribution in [0.1, 0.15) is 258 Å². The summed E-state index contributed by atoms with van der Waals surface area (Å²) >= 11 is 0. The van der Waals surface area contributed by atoms with Gasteiger partial charge in [-0.25, -0.2) is 0 Å². The highest BCUT2D eigenvalue weighted by Gasteiger charge is 2.27. The predicted molar refractivity (Wildman–Crippen MR) is 298 cm³/mol. The molecule has 0 aliphatic heterocycles. The van der Waals surface area contributed by atoms with E-state index in [1.165, 1.54) is 116 Å². The van der Waals surface area contributed by atoms with Crippen LogP contribution in [-0.2, 0) is 27.9 Å². The molecule has 9 nitrogen and oxygen atoms in total. The molecule has 0 radical (unpaired) electrons. The van der Waals surface area contributed by atoms with E-state index in [2.05, 4.69) is 74.7 Å². The Bertz CT molecular complexity index is 1390. The third-order valence-electron chi connectivity index (χ3n) is 12.7. The molecule has 0 heterocycles. The fraction of sp³-hybridized carbons (Fsp3) is 0.800. The van der Waals surface area contributed by atoms with Crippen molar-refractivity contribution in [2.24, 2.45) is 0 Å². The van der Waals surface area contributed by atoms with Gasteiger partial charge in [0.15, 0.2) is 0 Å². The van der Waals surface area contributed by atoms with Crippen LogP contribution in [0.4, 0.5) is 0 Å². The summed E-state index contributed by atoms with van der Waals surface area (Å²) in [6, 6.07) is -0.895. The van der Waals surface area contributed by atoms with Crippen LogP contribution >= 0.6 is 7.82 Å². The van der Waals surface area contributed by atoms with Gasteiger partial charge >= 0.3 is 5.97 Å². The van der Waals surface area contributed by atoms with Crippen molar-refractivity contribution in [2.75, 3.05) is 40.9 Å². The number of amides is 1. The summed E-state index contributed by atoms with van der Waals surface area (Å²) in [7, 11) is 1.17. The molecule has 0 aromatic carbocycles. The number of nitrogens with zero attached hydrogens (tertiary/aromatic N) is 1. The third-order valence-corrected chi connectivity index (χ3v) is 13.6. The number of nitrogens with one attached hydrogen (secondary N) is 1. The number of carbonyl (C=O) groups excluding carboxylic acids is 2. The number of esters is 1. The molecular formula is C60H111N2O7P. The maximum Gasteiger partial charge on any atom is 0.306 e. The first-order valence-electron chi connectivity index (χ1n) is 29.1. The summed E-state index contributed by atoms with van der Waals surface area (Å²) in [5.41, 5.74) is 0. The number of carbonyl (C=O) groups is 2. The molecule has 0 fully saturated rings. The Labute approximate surface area is 432 Å². The Morgan fingerprint density at radius 2 is 0.886 bits per heavy atom. The number of ether oxygens (including phenoxy) is 1. The Balaban J connectivity index is 5.26. The lowest BCUT2D eigenvalue weighted by atomic mass is 10.0. The Kier molecular flexibility index (Phi) is 48.6. The van der Waals surface area contributed by atoms with E-state index in [9.17, 15) is 19.0 Å². The van der Waals surface area contributed by atoms with Crippen LogP contribution in [0.2, 0.25) is 0 Å². The van der Waals surface area contributed by atoms with Gasteiger partial charge in [-0.05, 0) is 89.5 Å². The number of phosphoric ester groups is 1. The molecule has 1 amide bonds. The first-order valence-corrected chi connectivity index (χ1v) is 30.6. The molecule has 3 unspecified atom stereocenters. The van der Waals surface area contributed by atoms with Crippen molar-refractivity contribution in [3.05, 3.63) is 60.8 Å². The highest BCUT2D eigenvalue weighted by atomic mass is 31.2. The minimum atomic E-state index is -4.70. The van der Waals surface area contributed by atoms with Gasteiger partial charge in [0.1, 0.15) is 19.3 Å². The summed E-state index contributed by atoms with van der Waals surface area (Å²) in [6.45, 7) is 6.76. The SMILES string of the molecule is CCCC/C=C\CCCCCCCC(=O)OC(/C=C\CCCCCCCCCCCC)C(COP(=O)([O-])OCC[N+](C)(C)C)NC(=O)CCCCCCCCCC/C=C\C/C=C\C/C=C\CCCCC. The summed E-state index contributed by atoms with van der Waals surface area (Å²) in [5, 5.41) is 3.01. The van der Waals surface area contributed by atoms with Crippen molar-refractivity contribution in [1.82, 2.24) is 5.32 Å². The van der Waals surface area contributed by atoms with Gasteiger partial charge in [0.25, 0.3) is 7.82 Å². The van der Waals surface area contributed by atoms with Gasteiger partial charge in [-0.2, -0.15) is 0 Å². The van der Waals surface area contributed by atoms with Crippen LogP contribution in [0.3, 0.4) is 0 Å². The molecule has 0 aromatic heterocycles.